The van der Waals surface area contributed by atoms with Crippen LogP contribution in [0.4, 0.5) is 0 Å². The van der Waals surface area contributed by atoms with Crippen molar-refractivity contribution in [3.63, 3.8) is 0 Å². The molecule has 1 fully saturated rings. The Labute approximate surface area is 120 Å². The fourth-order valence-corrected chi connectivity index (χ4v) is 3.40. The molecule has 0 radical (unpaired) electrons. The van der Waals surface area contributed by atoms with Gasteiger partial charge in [0.25, 0.3) is 0 Å². The van der Waals surface area contributed by atoms with Gasteiger partial charge in [-0.2, -0.15) is 0 Å². The van der Waals surface area contributed by atoms with E-state index in [1.807, 2.05) is 13.8 Å². The van der Waals surface area contributed by atoms with Gasteiger partial charge in [-0.05, 0) is 44.4 Å². The van der Waals surface area contributed by atoms with Crippen molar-refractivity contribution in [3.05, 3.63) is 0 Å². The molecule has 0 aromatic carbocycles. The van der Waals surface area contributed by atoms with Crippen molar-refractivity contribution in [1.82, 2.24) is 0 Å². The van der Waals surface area contributed by atoms with Gasteiger partial charge in [0, 0.05) is 6.61 Å². The molecule has 0 amide bonds. The van der Waals surface area contributed by atoms with E-state index in [1.165, 1.54) is 0 Å². The highest BCUT2D eigenvalue weighted by molar-refractivity contribution is 6.01. The largest absolute Gasteiger partial charge is 0.465 e. The van der Waals surface area contributed by atoms with Crippen LogP contribution in [0.15, 0.2) is 0 Å². The highest BCUT2D eigenvalue weighted by Gasteiger charge is 2.62. The van der Waals surface area contributed by atoms with Crippen LogP contribution in [-0.4, -0.2) is 36.9 Å². The average Bonchev–Trinajstić information content (AvgIpc) is 2.77. The van der Waals surface area contributed by atoms with E-state index in [0.29, 0.717) is 0 Å². The molecule has 0 spiro atoms. The molecule has 116 valence electrons. The molecule has 0 aromatic rings. The third kappa shape index (κ3) is 2.68. The second-order valence-corrected chi connectivity index (χ2v) is 5.55. The van der Waals surface area contributed by atoms with Crippen LogP contribution in [0.25, 0.3) is 0 Å². The van der Waals surface area contributed by atoms with E-state index in [2.05, 4.69) is 0 Å². The maximum atomic E-state index is 12.5. The van der Waals surface area contributed by atoms with Crippen LogP contribution in [0, 0.1) is 23.2 Å². The first kappa shape index (κ1) is 17.0. The average molecular weight is 286 g/mol. The first-order valence-corrected chi connectivity index (χ1v) is 7.41. The van der Waals surface area contributed by atoms with E-state index in [-0.39, 0.29) is 37.6 Å². The third-order valence-electron chi connectivity index (χ3n) is 4.47. The Morgan fingerprint density at radius 1 is 1.20 bits per heavy atom. The van der Waals surface area contributed by atoms with Gasteiger partial charge in [-0.3, -0.25) is 9.59 Å². The second-order valence-electron chi connectivity index (χ2n) is 5.55. The molecule has 1 saturated carbocycles. The first-order valence-electron chi connectivity index (χ1n) is 7.41. The van der Waals surface area contributed by atoms with Crippen molar-refractivity contribution >= 4 is 11.9 Å². The minimum atomic E-state index is -1.27. The normalized spacial score (nSPS) is 26.1. The predicted octanol–water partition coefficient (Wildman–Crippen LogP) is 1.77. The molecule has 1 aliphatic carbocycles. The molecule has 0 saturated heterocycles. The van der Waals surface area contributed by atoms with Crippen LogP contribution in [-0.2, 0) is 19.1 Å². The SMILES string of the molecule is CCOC(=O)C1(C(=O)OCC)[C@@H]([C@H](C)CO)CC[C@@H]1C. The Morgan fingerprint density at radius 2 is 1.70 bits per heavy atom. The van der Waals surface area contributed by atoms with E-state index in [0.717, 1.165) is 12.8 Å². The molecule has 0 unspecified atom stereocenters. The van der Waals surface area contributed by atoms with Crippen molar-refractivity contribution in [2.75, 3.05) is 19.8 Å². The van der Waals surface area contributed by atoms with E-state index < -0.39 is 17.4 Å². The van der Waals surface area contributed by atoms with Gasteiger partial charge < -0.3 is 14.6 Å². The topological polar surface area (TPSA) is 72.8 Å². The summed E-state index contributed by atoms with van der Waals surface area (Å²) in [5.41, 5.74) is -1.27. The molecule has 0 aliphatic heterocycles. The lowest BCUT2D eigenvalue weighted by molar-refractivity contribution is -0.180. The summed E-state index contributed by atoms with van der Waals surface area (Å²) in [5.74, 6) is -1.53. The monoisotopic (exact) mass is 286 g/mol. The molecular formula is C15H26O5. The molecular weight excluding hydrogens is 260 g/mol. The zero-order chi connectivity index (χ0) is 15.3. The molecule has 0 bridgehead atoms. The minimum absolute atomic E-state index is 0.0576. The van der Waals surface area contributed by atoms with E-state index >= 15 is 0 Å². The van der Waals surface area contributed by atoms with Gasteiger partial charge in [-0.1, -0.05) is 13.8 Å². The summed E-state index contributed by atoms with van der Waals surface area (Å²) in [4.78, 5) is 25.0. The molecule has 5 nitrogen and oxygen atoms in total. The van der Waals surface area contributed by atoms with Crippen molar-refractivity contribution in [2.45, 2.75) is 40.5 Å². The molecule has 20 heavy (non-hydrogen) atoms. The standard InChI is InChI=1S/C15H26O5/c1-5-19-13(17)15(14(18)20-6-2)11(4)7-8-12(15)10(3)9-16/h10-12,16H,5-9H2,1-4H3/t10-,11+,12-/m1/s1. The zero-order valence-electron chi connectivity index (χ0n) is 12.8. The predicted molar refractivity (Wildman–Crippen MR) is 73.8 cm³/mol. The van der Waals surface area contributed by atoms with Gasteiger partial charge in [-0.25, -0.2) is 0 Å². The number of esters is 2. The van der Waals surface area contributed by atoms with Crippen LogP contribution in [0.2, 0.25) is 0 Å². The van der Waals surface area contributed by atoms with E-state index in [4.69, 9.17) is 9.47 Å². The smallest absolute Gasteiger partial charge is 0.324 e. The van der Waals surface area contributed by atoms with E-state index in [9.17, 15) is 14.7 Å². The molecule has 0 aromatic heterocycles. The molecule has 1 rings (SSSR count). The summed E-state index contributed by atoms with van der Waals surface area (Å²) >= 11 is 0. The lowest BCUT2D eigenvalue weighted by Crippen LogP contribution is -2.50. The Balaban J connectivity index is 3.24. The van der Waals surface area contributed by atoms with Gasteiger partial charge in [-0.15, -0.1) is 0 Å². The summed E-state index contributed by atoms with van der Waals surface area (Å²) in [7, 11) is 0. The fourth-order valence-electron chi connectivity index (χ4n) is 3.40. The van der Waals surface area contributed by atoms with Gasteiger partial charge in [0.15, 0.2) is 5.41 Å². The Kier molecular flexibility index (Phi) is 5.99. The summed E-state index contributed by atoms with van der Waals surface area (Å²) in [6.07, 6.45) is 1.48. The second kappa shape index (κ2) is 7.07. The quantitative estimate of drug-likeness (QED) is 0.595. The maximum absolute atomic E-state index is 12.5. The van der Waals surface area contributed by atoms with Gasteiger partial charge in [0.1, 0.15) is 0 Å². The molecule has 3 atom stereocenters. The van der Waals surface area contributed by atoms with Crippen molar-refractivity contribution in [2.24, 2.45) is 23.2 Å². The highest BCUT2D eigenvalue weighted by Crippen LogP contribution is 2.52. The Morgan fingerprint density at radius 3 is 2.10 bits per heavy atom. The molecule has 1 aliphatic rings. The van der Waals surface area contributed by atoms with E-state index in [1.54, 1.807) is 13.8 Å². The van der Waals surface area contributed by atoms with Gasteiger partial charge in [0.2, 0.25) is 0 Å². The highest BCUT2D eigenvalue weighted by atomic mass is 16.6. The third-order valence-corrected chi connectivity index (χ3v) is 4.47. The molecule has 1 N–H and O–H groups in total. The summed E-state index contributed by atoms with van der Waals surface area (Å²) < 4.78 is 10.3. The summed E-state index contributed by atoms with van der Waals surface area (Å²) in [6.45, 7) is 7.59. The van der Waals surface area contributed by atoms with Gasteiger partial charge in [0.05, 0.1) is 13.2 Å². The van der Waals surface area contributed by atoms with Crippen molar-refractivity contribution in [3.8, 4) is 0 Å². The van der Waals surface area contributed by atoms with Crippen LogP contribution in [0.5, 0.6) is 0 Å². The number of hydrogen-bond donors (Lipinski definition) is 1. The Bertz CT molecular complexity index is 334. The van der Waals surface area contributed by atoms with Crippen LogP contribution in [0.3, 0.4) is 0 Å². The number of ether oxygens (including phenoxy) is 2. The number of carbonyl (C=O) groups is 2. The lowest BCUT2D eigenvalue weighted by Gasteiger charge is -2.36. The number of aliphatic hydroxyl groups is 1. The van der Waals surface area contributed by atoms with Crippen LogP contribution in [0.1, 0.15) is 40.5 Å². The number of carbonyl (C=O) groups excluding carboxylic acids is 2. The molecule has 0 heterocycles. The Hall–Kier alpha value is -1.10. The number of rotatable bonds is 6. The van der Waals surface area contributed by atoms with Gasteiger partial charge >= 0.3 is 11.9 Å². The van der Waals surface area contributed by atoms with Crippen LogP contribution >= 0.6 is 0 Å². The lowest BCUT2D eigenvalue weighted by atomic mass is 9.68. The summed E-state index contributed by atoms with van der Waals surface area (Å²) in [5, 5.41) is 9.43. The fraction of sp³-hybridized carbons (Fsp3) is 0.867. The number of aliphatic hydroxyl groups excluding tert-OH is 1. The van der Waals surface area contributed by atoms with Crippen molar-refractivity contribution < 1.29 is 24.2 Å². The minimum Gasteiger partial charge on any atom is -0.465 e. The zero-order valence-corrected chi connectivity index (χ0v) is 12.8. The molecule has 5 heteroatoms. The number of hydrogen-bond acceptors (Lipinski definition) is 5. The van der Waals surface area contributed by atoms with Crippen molar-refractivity contribution in [1.29, 1.82) is 0 Å². The maximum Gasteiger partial charge on any atom is 0.324 e. The van der Waals surface area contributed by atoms with Crippen LogP contribution < -0.4 is 0 Å². The summed E-state index contributed by atoms with van der Waals surface area (Å²) in [6, 6.07) is 0. The first-order chi connectivity index (χ1) is 9.46.